The van der Waals surface area contributed by atoms with Crippen LogP contribution in [0.3, 0.4) is 0 Å². The van der Waals surface area contributed by atoms with Gasteiger partial charge in [0.2, 0.25) is 0 Å². The van der Waals surface area contributed by atoms with Crippen molar-refractivity contribution in [1.82, 2.24) is 5.43 Å². The predicted octanol–water partition coefficient (Wildman–Crippen LogP) is 4.18. The van der Waals surface area contributed by atoms with Crippen LogP contribution in [0.25, 0.3) is 0 Å². The summed E-state index contributed by atoms with van der Waals surface area (Å²) in [5.41, 5.74) is 4.28. The van der Waals surface area contributed by atoms with Gasteiger partial charge in [0.25, 0.3) is 0 Å². The van der Waals surface area contributed by atoms with Crippen molar-refractivity contribution in [3.8, 4) is 0 Å². The molecule has 3 heteroatoms. The number of rotatable bonds is 9. The van der Waals surface area contributed by atoms with E-state index in [1.165, 1.54) is 42.1 Å². The van der Waals surface area contributed by atoms with Crippen molar-refractivity contribution >= 4 is 15.9 Å². The highest BCUT2D eigenvalue weighted by atomic mass is 79.9. The Hall–Kier alpha value is -0.380. The van der Waals surface area contributed by atoms with Gasteiger partial charge in [-0.15, -0.1) is 0 Å². The molecule has 1 aromatic rings. The molecule has 0 aliphatic rings. The Kier molecular flexibility index (Phi) is 8.31. The molecule has 0 aliphatic carbocycles. The molecule has 0 saturated heterocycles. The van der Waals surface area contributed by atoms with Gasteiger partial charge in [-0.05, 0) is 24.5 Å². The molecule has 1 rings (SSSR count). The monoisotopic (exact) mass is 312 g/mol. The van der Waals surface area contributed by atoms with Crippen LogP contribution < -0.4 is 11.3 Å². The van der Waals surface area contributed by atoms with Crippen molar-refractivity contribution < 1.29 is 0 Å². The van der Waals surface area contributed by atoms with E-state index in [1.54, 1.807) is 0 Å². The van der Waals surface area contributed by atoms with Crippen LogP contribution in [0.2, 0.25) is 0 Å². The van der Waals surface area contributed by atoms with Crippen LogP contribution >= 0.6 is 15.9 Å². The fourth-order valence-electron chi connectivity index (χ4n) is 2.17. The van der Waals surface area contributed by atoms with Gasteiger partial charge in [-0.25, -0.2) is 0 Å². The quantitative estimate of drug-likeness (QED) is 0.408. The lowest BCUT2D eigenvalue weighted by atomic mass is 10.0. The number of hydrazine groups is 1. The molecular weight excluding hydrogens is 288 g/mol. The summed E-state index contributed by atoms with van der Waals surface area (Å²) in [6, 6.07) is 8.75. The Morgan fingerprint density at radius 1 is 1.17 bits per heavy atom. The summed E-state index contributed by atoms with van der Waals surface area (Å²) in [4.78, 5) is 0. The molecule has 1 aromatic carbocycles. The van der Waals surface area contributed by atoms with Crippen LogP contribution in [0.1, 0.15) is 51.0 Å². The maximum atomic E-state index is 5.65. The molecule has 0 heterocycles. The lowest BCUT2D eigenvalue weighted by Crippen LogP contribution is -2.36. The molecule has 0 amide bonds. The summed E-state index contributed by atoms with van der Waals surface area (Å²) < 4.78 is 1.18. The molecular formula is C15H25BrN2. The zero-order valence-electron chi connectivity index (χ0n) is 11.3. The summed E-state index contributed by atoms with van der Waals surface area (Å²) in [6.45, 7) is 2.25. The van der Waals surface area contributed by atoms with E-state index < -0.39 is 0 Å². The number of hydrogen-bond donors (Lipinski definition) is 2. The molecule has 0 spiro atoms. The maximum absolute atomic E-state index is 5.65. The zero-order chi connectivity index (χ0) is 13.2. The summed E-state index contributed by atoms with van der Waals surface area (Å²) >= 11 is 3.59. The lowest BCUT2D eigenvalue weighted by Gasteiger charge is -2.16. The minimum atomic E-state index is 0.380. The van der Waals surface area contributed by atoms with Crippen LogP contribution in [0.4, 0.5) is 0 Å². The number of unbranched alkanes of at least 4 members (excludes halogenated alkanes) is 4. The molecule has 3 N–H and O–H groups in total. The van der Waals surface area contributed by atoms with Gasteiger partial charge >= 0.3 is 0 Å². The second kappa shape index (κ2) is 9.54. The van der Waals surface area contributed by atoms with Crippen molar-refractivity contribution in [2.45, 2.75) is 57.9 Å². The molecule has 18 heavy (non-hydrogen) atoms. The Morgan fingerprint density at radius 2 is 1.89 bits per heavy atom. The van der Waals surface area contributed by atoms with Crippen molar-refractivity contribution in [1.29, 1.82) is 0 Å². The molecule has 0 aliphatic heterocycles. The summed E-state index contributed by atoms with van der Waals surface area (Å²) in [5.74, 6) is 5.65. The van der Waals surface area contributed by atoms with Crippen molar-refractivity contribution in [2.75, 3.05) is 0 Å². The third-order valence-corrected chi connectivity index (χ3v) is 4.09. The van der Waals surface area contributed by atoms with Gasteiger partial charge in [0.15, 0.2) is 0 Å². The highest BCUT2D eigenvalue weighted by Crippen LogP contribution is 2.19. The molecule has 0 radical (unpaired) electrons. The minimum absolute atomic E-state index is 0.380. The number of benzene rings is 1. The number of nitrogens with two attached hydrogens (primary N) is 1. The molecule has 0 fully saturated rings. The van der Waals surface area contributed by atoms with Gasteiger partial charge in [0, 0.05) is 10.5 Å². The van der Waals surface area contributed by atoms with Crippen molar-refractivity contribution in [2.24, 2.45) is 5.84 Å². The topological polar surface area (TPSA) is 38.0 Å². The third-order valence-electron chi connectivity index (χ3n) is 3.32. The van der Waals surface area contributed by atoms with E-state index in [4.69, 9.17) is 5.84 Å². The van der Waals surface area contributed by atoms with Gasteiger partial charge in [0.1, 0.15) is 0 Å². The Morgan fingerprint density at radius 3 is 2.56 bits per heavy atom. The minimum Gasteiger partial charge on any atom is -0.271 e. The van der Waals surface area contributed by atoms with Gasteiger partial charge in [-0.1, -0.05) is 73.2 Å². The molecule has 102 valence electrons. The Labute approximate surface area is 119 Å². The average molecular weight is 313 g/mol. The highest BCUT2D eigenvalue weighted by molar-refractivity contribution is 9.10. The number of nitrogens with one attached hydrogen (secondary N) is 1. The van der Waals surface area contributed by atoms with Crippen LogP contribution in [-0.4, -0.2) is 6.04 Å². The SMILES string of the molecule is CCCCCCCC(Cc1ccccc1Br)NN. The Bertz CT molecular complexity index is 328. The largest absolute Gasteiger partial charge is 0.271 e. The van der Waals surface area contributed by atoms with Gasteiger partial charge < -0.3 is 0 Å². The summed E-state index contributed by atoms with van der Waals surface area (Å²) in [5, 5.41) is 0. The third kappa shape index (κ3) is 5.98. The Balaban J connectivity index is 2.31. The van der Waals surface area contributed by atoms with E-state index >= 15 is 0 Å². The van der Waals surface area contributed by atoms with Crippen LogP contribution in [0.5, 0.6) is 0 Å². The first-order chi connectivity index (χ1) is 8.77. The fourth-order valence-corrected chi connectivity index (χ4v) is 2.61. The summed E-state index contributed by atoms with van der Waals surface area (Å²) in [7, 11) is 0. The van der Waals surface area contributed by atoms with E-state index in [0.717, 1.165) is 12.8 Å². The lowest BCUT2D eigenvalue weighted by molar-refractivity contribution is 0.460. The van der Waals surface area contributed by atoms with Crippen LogP contribution in [0.15, 0.2) is 28.7 Å². The maximum Gasteiger partial charge on any atom is 0.0251 e. The molecule has 0 saturated carbocycles. The van der Waals surface area contributed by atoms with Gasteiger partial charge in [0.05, 0.1) is 0 Å². The normalized spacial score (nSPS) is 12.6. The van der Waals surface area contributed by atoms with Crippen molar-refractivity contribution in [3.63, 3.8) is 0 Å². The van der Waals surface area contributed by atoms with Gasteiger partial charge in [-0.2, -0.15) is 0 Å². The van der Waals surface area contributed by atoms with E-state index in [9.17, 15) is 0 Å². The van der Waals surface area contributed by atoms with E-state index in [-0.39, 0.29) is 0 Å². The first-order valence-electron chi connectivity index (χ1n) is 6.97. The van der Waals surface area contributed by atoms with E-state index in [1.807, 2.05) is 6.07 Å². The number of hydrogen-bond acceptors (Lipinski definition) is 2. The predicted molar refractivity (Wildman–Crippen MR) is 82.3 cm³/mol. The smallest absolute Gasteiger partial charge is 0.0251 e. The average Bonchev–Trinajstić information content (AvgIpc) is 2.39. The second-order valence-corrected chi connectivity index (χ2v) is 5.72. The standard InChI is InChI=1S/C15H25BrN2/c1-2-3-4-5-6-10-14(18-17)12-13-9-7-8-11-15(13)16/h7-9,11,14,18H,2-6,10,12,17H2,1H3. The van der Waals surface area contributed by atoms with Crippen LogP contribution in [0, 0.1) is 0 Å². The molecule has 0 bridgehead atoms. The molecule has 1 unspecified atom stereocenters. The molecule has 2 nitrogen and oxygen atoms in total. The molecule has 0 aromatic heterocycles. The second-order valence-electron chi connectivity index (χ2n) is 4.86. The first-order valence-corrected chi connectivity index (χ1v) is 7.76. The highest BCUT2D eigenvalue weighted by Gasteiger charge is 2.09. The van der Waals surface area contributed by atoms with Gasteiger partial charge in [-0.3, -0.25) is 11.3 Å². The van der Waals surface area contributed by atoms with Crippen LogP contribution in [-0.2, 0) is 6.42 Å². The summed E-state index contributed by atoms with van der Waals surface area (Å²) in [6.07, 6.45) is 8.73. The molecule has 1 atom stereocenters. The van der Waals surface area contributed by atoms with E-state index in [2.05, 4.69) is 46.5 Å². The van der Waals surface area contributed by atoms with E-state index in [0.29, 0.717) is 6.04 Å². The number of halogens is 1. The fraction of sp³-hybridized carbons (Fsp3) is 0.600. The zero-order valence-corrected chi connectivity index (χ0v) is 12.9. The van der Waals surface area contributed by atoms with Crippen molar-refractivity contribution in [3.05, 3.63) is 34.3 Å². The first kappa shape index (κ1) is 15.7.